The van der Waals surface area contributed by atoms with Gasteiger partial charge in [-0.3, -0.25) is 0 Å². The van der Waals surface area contributed by atoms with E-state index in [-0.39, 0.29) is 17.7 Å². The van der Waals surface area contributed by atoms with Gasteiger partial charge in [0.05, 0.1) is 5.92 Å². The van der Waals surface area contributed by atoms with Gasteiger partial charge in [-0.1, -0.05) is 12.1 Å². The molecule has 0 aliphatic heterocycles. The zero-order valence-corrected chi connectivity index (χ0v) is 9.03. The first kappa shape index (κ1) is 13.0. The molecule has 0 aliphatic carbocycles. The Bertz CT molecular complexity index is 359. The van der Waals surface area contributed by atoms with E-state index >= 15 is 0 Å². The van der Waals surface area contributed by atoms with E-state index in [2.05, 4.69) is 5.32 Å². The minimum absolute atomic E-state index is 0.0840. The summed E-state index contributed by atoms with van der Waals surface area (Å²) < 4.78 is 51.0. The molecule has 1 aromatic rings. The molecule has 0 aliphatic rings. The zero-order valence-electron chi connectivity index (χ0n) is 9.03. The maximum Gasteiger partial charge on any atom is 0.396 e. The normalized spacial score (nSPS) is 13.9. The number of aryl methyl sites for hydroxylation is 1. The molecule has 0 heterocycles. The molecule has 90 valence electrons. The lowest BCUT2D eigenvalue weighted by Crippen LogP contribution is -2.30. The lowest BCUT2D eigenvalue weighted by molar-refractivity contribution is -0.149. The van der Waals surface area contributed by atoms with Gasteiger partial charge in [-0.05, 0) is 31.2 Å². The minimum Gasteiger partial charge on any atom is -0.319 e. The highest BCUT2D eigenvalue weighted by Gasteiger charge is 2.40. The number of alkyl halides is 3. The molecule has 0 saturated carbocycles. The van der Waals surface area contributed by atoms with Crippen LogP contribution < -0.4 is 5.32 Å². The molecular formula is C11H13F4N. The van der Waals surface area contributed by atoms with Crippen molar-refractivity contribution < 1.29 is 17.6 Å². The summed E-state index contributed by atoms with van der Waals surface area (Å²) in [7, 11) is 1.45. The Labute approximate surface area is 91.5 Å². The van der Waals surface area contributed by atoms with Crippen molar-refractivity contribution in [1.82, 2.24) is 5.32 Å². The van der Waals surface area contributed by atoms with Crippen LogP contribution in [0.15, 0.2) is 18.2 Å². The zero-order chi connectivity index (χ0) is 12.3. The smallest absolute Gasteiger partial charge is 0.319 e. The number of likely N-dealkylation sites (N-methyl/N-ethyl adjacent to an activating group) is 1. The first-order valence-corrected chi connectivity index (χ1v) is 4.83. The van der Waals surface area contributed by atoms with Crippen molar-refractivity contribution in [2.24, 2.45) is 0 Å². The molecule has 1 N–H and O–H groups in total. The van der Waals surface area contributed by atoms with Crippen molar-refractivity contribution in [3.05, 3.63) is 35.1 Å². The van der Waals surface area contributed by atoms with Crippen molar-refractivity contribution in [2.45, 2.75) is 19.0 Å². The number of benzene rings is 1. The monoisotopic (exact) mass is 235 g/mol. The second kappa shape index (κ2) is 4.82. The summed E-state index contributed by atoms with van der Waals surface area (Å²) in [6, 6.07) is 3.49. The Kier molecular flexibility index (Phi) is 3.91. The van der Waals surface area contributed by atoms with E-state index in [1.807, 2.05) is 0 Å². The molecule has 0 spiro atoms. The van der Waals surface area contributed by atoms with Gasteiger partial charge in [0, 0.05) is 6.54 Å². The Morgan fingerprint density at radius 3 is 2.38 bits per heavy atom. The van der Waals surface area contributed by atoms with Crippen molar-refractivity contribution in [3.63, 3.8) is 0 Å². The molecule has 1 unspecified atom stereocenters. The lowest BCUT2D eigenvalue weighted by Gasteiger charge is -2.20. The lowest BCUT2D eigenvalue weighted by atomic mass is 9.96. The van der Waals surface area contributed by atoms with Crippen LogP contribution in [0.3, 0.4) is 0 Å². The quantitative estimate of drug-likeness (QED) is 0.794. The average molecular weight is 235 g/mol. The van der Waals surface area contributed by atoms with Gasteiger partial charge in [-0.2, -0.15) is 13.2 Å². The van der Waals surface area contributed by atoms with E-state index in [0.717, 1.165) is 6.07 Å². The topological polar surface area (TPSA) is 12.0 Å². The third-order valence-electron chi connectivity index (χ3n) is 2.39. The van der Waals surface area contributed by atoms with Gasteiger partial charge in [0.1, 0.15) is 5.82 Å². The summed E-state index contributed by atoms with van der Waals surface area (Å²) in [6.45, 7) is 1.24. The van der Waals surface area contributed by atoms with Crippen LogP contribution in [0.2, 0.25) is 0 Å². The molecule has 1 aromatic carbocycles. The summed E-state index contributed by atoms with van der Waals surface area (Å²) in [6.07, 6.45) is -4.33. The van der Waals surface area contributed by atoms with Crippen molar-refractivity contribution >= 4 is 0 Å². The van der Waals surface area contributed by atoms with Crippen molar-refractivity contribution in [2.75, 3.05) is 13.6 Å². The fraction of sp³-hybridized carbons (Fsp3) is 0.455. The van der Waals surface area contributed by atoms with E-state index in [9.17, 15) is 17.6 Å². The van der Waals surface area contributed by atoms with E-state index in [1.165, 1.54) is 26.1 Å². The molecule has 0 aromatic heterocycles. The fourth-order valence-corrected chi connectivity index (χ4v) is 1.51. The van der Waals surface area contributed by atoms with Gasteiger partial charge in [0.15, 0.2) is 0 Å². The highest BCUT2D eigenvalue weighted by atomic mass is 19.4. The van der Waals surface area contributed by atoms with E-state index < -0.39 is 17.9 Å². The number of hydrogen-bond donors (Lipinski definition) is 1. The van der Waals surface area contributed by atoms with Crippen LogP contribution in [0.1, 0.15) is 17.0 Å². The molecule has 0 bridgehead atoms. The summed E-state index contributed by atoms with van der Waals surface area (Å²) in [5.41, 5.74) is 0.309. The summed E-state index contributed by atoms with van der Waals surface area (Å²) in [5.74, 6) is -2.09. The molecular weight excluding hydrogens is 222 g/mol. The van der Waals surface area contributed by atoms with Crippen LogP contribution in [0.4, 0.5) is 17.6 Å². The first-order chi connectivity index (χ1) is 7.36. The maximum atomic E-state index is 12.9. The Morgan fingerprint density at radius 2 is 1.94 bits per heavy atom. The second-order valence-corrected chi connectivity index (χ2v) is 3.66. The van der Waals surface area contributed by atoms with Gasteiger partial charge >= 0.3 is 6.18 Å². The number of nitrogens with one attached hydrogen (secondary N) is 1. The summed E-state index contributed by atoms with van der Waals surface area (Å²) in [5, 5.41) is 2.49. The highest BCUT2D eigenvalue weighted by Crippen LogP contribution is 2.34. The summed E-state index contributed by atoms with van der Waals surface area (Å²) >= 11 is 0. The van der Waals surface area contributed by atoms with Crippen LogP contribution in [-0.4, -0.2) is 19.8 Å². The van der Waals surface area contributed by atoms with Gasteiger partial charge in [-0.15, -0.1) is 0 Å². The van der Waals surface area contributed by atoms with E-state index in [1.54, 1.807) is 0 Å². The van der Waals surface area contributed by atoms with Gasteiger partial charge in [-0.25, -0.2) is 4.39 Å². The van der Waals surface area contributed by atoms with Crippen LogP contribution in [0, 0.1) is 12.7 Å². The molecule has 0 saturated heterocycles. The minimum atomic E-state index is -4.33. The highest BCUT2D eigenvalue weighted by molar-refractivity contribution is 5.28. The van der Waals surface area contributed by atoms with Gasteiger partial charge in [0.25, 0.3) is 0 Å². The number of rotatable bonds is 3. The van der Waals surface area contributed by atoms with E-state index in [0.29, 0.717) is 0 Å². The Morgan fingerprint density at radius 1 is 1.31 bits per heavy atom. The molecule has 5 heteroatoms. The number of hydrogen-bond acceptors (Lipinski definition) is 1. The maximum absolute atomic E-state index is 12.9. The number of halogens is 4. The molecule has 1 atom stereocenters. The van der Waals surface area contributed by atoms with Crippen molar-refractivity contribution in [1.29, 1.82) is 0 Å². The molecule has 1 rings (SSSR count). The third-order valence-corrected chi connectivity index (χ3v) is 2.39. The molecule has 1 nitrogen and oxygen atoms in total. The predicted octanol–water partition coefficient (Wildman–Crippen LogP) is 3.00. The van der Waals surface area contributed by atoms with E-state index in [4.69, 9.17) is 0 Å². The Hall–Kier alpha value is -1.10. The van der Waals surface area contributed by atoms with Crippen LogP contribution in [0.25, 0.3) is 0 Å². The SMILES string of the molecule is CNCC(c1ccc(F)c(C)c1)C(F)(F)F. The first-order valence-electron chi connectivity index (χ1n) is 4.83. The summed E-state index contributed by atoms with van der Waals surface area (Å²) in [4.78, 5) is 0. The van der Waals surface area contributed by atoms with Crippen molar-refractivity contribution in [3.8, 4) is 0 Å². The molecule has 0 radical (unpaired) electrons. The third kappa shape index (κ3) is 2.95. The van der Waals surface area contributed by atoms with Crippen LogP contribution >= 0.6 is 0 Å². The van der Waals surface area contributed by atoms with Crippen LogP contribution in [0.5, 0.6) is 0 Å². The fourth-order valence-electron chi connectivity index (χ4n) is 1.51. The van der Waals surface area contributed by atoms with Gasteiger partial charge < -0.3 is 5.32 Å². The Balaban J connectivity index is 3.06. The molecule has 0 fully saturated rings. The average Bonchev–Trinajstić information content (AvgIpc) is 2.17. The predicted molar refractivity (Wildman–Crippen MR) is 53.9 cm³/mol. The van der Waals surface area contributed by atoms with Crippen LogP contribution in [-0.2, 0) is 0 Å². The standard InChI is InChI=1S/C11H13F4N/c1-7-5-8(3-4-10(7)12)9(6-16-2)11(13,14)15/h3-5,9,16H,6H2,1-2H3. The molecule has 16 heavy (non-hydrogen) atoms. The van der Waals surface area contributed by atoms with Gasteiger partial charge in [0.2, 0.25) is 0 Å². The molecule has 0 amide bonds. The largest absolute Gasteiger partial charge is 0.396 e. The second-order valence-electron chi connectivity index (χ2n) is 3.66.